The minimum absolute atomic E-state index is 0.0846. The highest BCUT2D eigenvalue weighted by molar-refractivity contribution is 5.97. The summed E-state index contributed by atoms with van der Waals surface area (Å²) in [7, 11) is 1.76. The number of hydrogen-bond donors (Lipinski definition) is 6. The molecule has 0 amide bonds. The molecular weight excluding hydrogens is 825 g/mol. The zero-order chi connectivity index (χ0) is 48.7. The van der Waals surface area contributed by atoms with Crippen LogP contribution in [-0.2, 0) is 0 Å². The monoisotopic (exact) mass is 895 g/mol. The fourth-order valence-electron chi connectivity index (χ4n) is 6.95. The van der Waals surface area contributed by atoms with E-state index in [0.717, 1.165) is 91.9 Å². The van der Waals surface area contributed by atoms with Crippen molar-refractivity contribution in [2.75, 3.05) is 24.2 Å². The number of nitrogens with zero attached hydrogens (tertiary/aromatic N) is 4. The van der Waals surface area contributed by atoms with E-state index in [1.54, 1.807) is 13.2 Å². The van der Waals surface area contributed by atoms with E-state index in [1.807, 2.05) is 86.8 Å². The zero-order valence-electron chi connectivity index (χ0n) is 41.2. The van der Waals surface area contributed by atoms with E-state index in [1.165, 1.54) is 11.1 Å². The number of hydrogen-bond acceptors (Lipinski definition) is 9. The van der Waals surface area contributed by atoms with Gasteiger partial charge in [0.2, 0.25) is 0 Å². The van der Waals surface area contributed by atoms with Crippen LogP contribution in [0, 0.1) is 10.8 Å². The maximum Gasteiger partial charge on any atom is 0.126 e. The van der Waals surface area contributed by atoms with Gasteiger partial charge in [-0.1, -0.05) is 148 Å². The fraction of sp³-hybridized carbons (Fsp3) is 0.263. The predicted octanol–water partition coefficient (Wildman–Crippen LogP) is 12.9. The molecule has 1 unspecified atom stereocenters. The lowest BCUT2D eigenvalue weighted by Crippen LogP contribution is -2.36. The smallest absolute Gasteiger partial charge is 0.126 e. The first-order valence-corrected chi connectivity index (χ1v) is 22.9. The number of allylic oxidation sites excluding steroid dienone is 2. The van der Waals surface area contributed by atoms with Gasteiger partial charge in [0.05, 0.1) is 29.3 Å². The van der Waals surface area contributed by atoms with Crippen LogP contribution < -0.4 is 31.9 Å². The second-order valence-corrected chi connectivity index (χ2v) is 18.2. The number of aliphatic imine (C=N–C) groups is 2. The Bertz CT molecular complexity index is 2760. The molecule has 2 aromatic heterocycles. The van der Waals surface area contributed by atoms with E-state index < -0.39 is 0 Å². The fourth-order valence-corrected chi connectivity index (χ4v) is 6.95. The summed E-state index contributed by atoms with van der Waals surface area (Å²) in [5.74, 6) is 3.03. The lowest BCUT2D eigenvalue weighted by atomic mass is 9.87. The Morgan fingerprint density at radius 1 is 0.731 bits per heavy atom. The third-order valence-electron chi connectivity index (χ3n) is 11.2. The maximum absolute atomic E-state index is 4.57. The molecule has 3 aromatic carbocycles. The van der Waals surface area contributed by atoms with Gasteiger partial charge in [-0.2, -0.15) is 0 Å². The van der Waals surface area contributed by atoms with Gasteiger partial charge < -0.3 is 31.9 Å². The van der Waals surface area contributed by atoms with Gasteiger partial charge in [0.25, 0.3) is 0 Å². The van der Waals surface area contributed by atoms with E-state index in [9.17, 15) is 0 Å². The van der Waals surface area contributed by atoms with E-state index in [-0.39, 0.29) is 16.9 Å². The molecule has 1 aliphatic heterocycles. The molecule has 7 rings (SSSR count). The molecule has 348 valence electrons. The van der Waals surface area contributed by atoms with Crippen molar-refractivity contribution >= 4 is 56.1 Å². The normalized spacial score (nSPS) is 14.8. The molecule has 0 bridgehead atoms. The number of rotatable bonds is 13. The highest BCUT2D eigenvalue weighted by atomic mass is 15.1. The van der Waals surface area contributed by atoms with Crippen LogP contribution in [-0.4, -0.2) is 41.3 Å². The molecule has 1 atom stereocenters. The Kier molecular flexibility index (Phi) is 17.4. The highest BCUT2D eigenvalue weighted by Crippen LogP contribution is 2.29. The summed E-state index contributed by atoms with van der Waals surface area (Å²) in [6.07, 6.45) is 15.0. The number of pyridine rings is 2. The lowest BCUT2D eigenvalue weighted by Gasteiger charge is -2.22. The highest BCUT2D eigenvalue weighted by Gasteiger charge is 2.21. The van der Waals surface area contributed by atoms with Crippen molar-refractivity contribution in [2.45, 2.75) is 74.8 Å². The van der Waals surface area contributed by atoms with E-state index in [2.05, 4.69) is 175 Å². The van der Waals surface area contributed by atoms with Crippen LogP contribution in [0.2, 0.25) is 0 Å². The van der Waals surface area contributed by atoms with Crippen LogP contribution in [0.4, 0.5) is 11.4 Å². The molecule has 0 saturated heterocycles. The number of aromatic nitrogens is 2. The average Bonchev–Trinajstić information content (AvgIpc) is 3.79. The van der Waals surface area contributed by atoms with Crippen molar-refractivity contribution in [2.24, 2.45) is 20.8 Å². The van der Waals surface area contributed by atoms with Crippen molar-refractivity contribution in [1.29, 1.82) is 0 Å². The van der Waals surface area contributed by atoms with Crippen molar-refractivity contribution in [3.63, 3.8) is 0 Å². The van der Waals surface area contributed by atoms with E-state index in [4.69, 9.17) is 0 Å². The van der Waals surface area contributed by atoms with Gasteiger partial charge in [0, 0.05) is 64.6 Å². The third kappa shape index (κ3) is 14.5. The van der Waals surface area contributed by atoms with Crippen LogP contribution in [0.5, 0.6) is 0 Å². The summed E-state index contributed by atoms with van der Waals surface area (Å²) in [6, 6.07) is 28.4. The quantitative estimate of drug-likeness (QED) is 0.0510. The summed E-state index contributed by atoms with van der Waals surface area (Å²) in [4.78, 5) is 17.9. The first-order chi connectivity index (χ1) is 32.0. The van der Waals surface area contributed by atoms with Gasteiger partial charge in [0.1, 0.15) is 17.5 Å². The second-order valence-electron chi connectivity index (χ2n) is 18.2. The van der Waals surface area contributed by atoms with Crippen LogP contribution in [0.25, 0.3) is 33.1 Å². The number of benzene rings is 3. The number of anilines is 2. The maximum atomic E-state index is 4.57. The summed E-state index contributed by atoms with van der Waals surface area (Å²) in [5, 5.41) is 23.3. The van der Waals surface area contributed by atoms with Gasteiger partial charge in [-0.15, -0.1) is 0 Å². The molecule has 10 heteroatoms. The van der Waals surface area contributed by atoms with Gasteiger partial charge in [-0.05, 0) is 89.8 Å². The van der Waals surface area contributed by atoms with Crippen molar-refractivity contribution in [1.82, 2.24) is 31.2 Å². The zero-order valence-corrected chi connectivity index (χ0v) is 41.2. The Hall–Kier alpha value is -7.46. The van der Waals surface area contributed by atoms with Gasteiger partial charge in [-0.3, -0.25) is 20.0 Å². The molecule has 0 spiro atoms. The minimum Gasteiger partial charge on any atom is -0.366 e. The molecule has 10 nitrogen and oxygen atoms in total. The van der Waals surface area contributed by atoms with Crippen molar-refractivity contribution in [3.05, 3.63) is 194 Å². The van der Waals surface area contributed by atoms with Crippen LogP contribution in [0.15, 0.2) is 192 Å². The summed E-state index contributed by atoms with van der Waals surface area (Å²) >= 11 is 0. The number of nitrogens with one attached hydrogen (secondary N) is 6. The third-order valence-corrected chi connectivity index (χ3v) is 11.2. The molecule has 5 aromatic rings. The lowest BCUT2D eigenvalue weighted by molar-refractivity contribution is 0.499. The standard InChI is InChI=1S/C28H33N5.C27H31N5.C2H6/c1-19(28(4,5)6)18-26(29-7)33-21(3)32-24-15-13-23(14-16-24)31-20(2)25-12-8-10-22-11-9-17-30-27(22)25;1-18(26-24-9-7-6-8-20(24)14-15-28-26)30-22-10-12-23(13-11-22)31-19(2)32-25-16-21(17-29-25)27(3,4)5;1-2/h8-18,31-32H,2-3H2,1,4-7H3,(H,29,33);6-12,14-16,23,30-31H,1-2,13,17H2,3-5H3,(H,29,32);1-2H3/b19-18+;;. The Morgan fingerprint density at radius 3 is 2.07 bits per heavy atom. The molecule has 0 radical (unpaired) electrons. The number of fused-ring (bicyclic) bond motifs is 2. The Labute approximate surface area is 399 Å². The van der Waals surface area contributed by atoms with E-state index in [0.29, 0.717) is 5.82 Å². The molecule has 1 aliphatic carbocycles. The molecule has 0 saturated carbocycles. The molecule has 2 aliphatic rings. The SMILES string of the molecule is C=C(NC(/C=C(\C)C(C)(C)C)=NC)Nc1ccc(NC(=C)c2cccc3cccnc23)cc1.C=C(NC1=NCC(C(C)(C)C)=C1)NC1C=CC(NC(=C)c2nccc3ccccc23)=CC1.CC. The van der Waals surface area contributed by atoms with Crippen molar-refractivity contribution < 1.29 is 0 Å². The van der Waals surface area contributed by atoms with Crippen LogP contribution in [0.3, 0.4) is 0 Å². The first kappa shape index (κ1) is 50.5. The number of amidine groups is 2. The average molecular weight is 895 g/mol. The molecular formula is C57H70N10. The van der Waals surface area contributed by atoms with Gasteiger partial charge in [0.15, 0.2) is 0 Å². The van der Waals surface area contributed by atoms with Gasteiger partial charge in [-0.25, -0.2) is 0 Å². The van der Waals surface area contributed by atoms with Crippen molar-refractivity contribution in [3.8, 4) is 0 Å². The first-order valence-electron chi connectivity index (χ1n) is 22.9. The minimum atomic E-state index is 0.0846. The Morgan fingerprint density at radius 2 is 1.42 bits per heavy atom. The predicted molar refractivity (Wildman–Crippen MR) is 289 cm³/mol. The van der Waals surface area contributed by atoms with E-state index >= 15 is 0 Å². The molecule has 6 N–H and O–H groups in total. The summed E-state index contributed by atoms with van der Waals surface area (Å²) in [6.45, 7) is 36.6. The van der Waals surface area contributed by atoms with Crippen LogP contribution >= 0.6 is 0 Å². The Balaban J connectivity index is 0.000000242. The molecule has 0 fully saturated rings. The molecule has 67 heavy (non-hydrogen) atoms. The topological polar surface area (TPSA) is 123 Å². The molecule has 3 heterocycles. The summed E-state index contributed by atoms with van der Waals surface area (Å²) in [5.41, 5.74) is 10.0. The van der Waals surface area contributed by atoms with Crippen LogP contribution in [0.1, 0.15) is 80.0 Å². The largest absolute Gasteiger partial charge is 0.366 e. The second kappa shape index (κ2) is 23.1. The number of para-hydroxylation sites is 1. The van der Waals surface area contributed by atoms with Gasteiger partial charge >= 0.3 is 0 Å². The summed E-state index contributed by atoms with van der Waals surface area (Å²) < 4.78 is 0.